The summed E-state index contributed by atoms with van der Waals surface area (Å²) in [6.45, 7) is 0. The van der Waals surface area contributed by atoms with Crippen molar-refractivity contribution in [2.45, 2.75) is 12.8 Å². The molecule has 10 aromatic rings. The van der Waals surface area contributed by atoms with Gasteiger partial charge in [0.1, 0.15) is 0 Å². The molecular weight excluding hydrogens is 665 g/mol. The van der Waals surface area contributed by atoms with Crippen molar-refractivity contribution < 1.29 is 0 Å². The van der Waals surface area contributed by atoms with Crippen LogP contribution in [0, 0.1) is 0 Å². The first-order chi connectivity index (χ1) is 27.3. The first kappa shape index (κ1) is 31.5. The van der Waals surface area contributed by atoms with Gasteiger partial charge >= 0.3 is 0 Å². The van der Waals surface area contributed by atoms with Crippen LogP contribution in [0.2, 0.25) is 0 Å². The van der Waals surface area contributed by atoms with Gasteiger partial charge in [0.15, 0.2) is 0 Å². The van der Waals surface area contributed by atoms with Gasteiger partial charge in [-0.05, 0) is 132 Å². The van der Waals surface area contributed by atoms with Crippen LogP contribution in [-0.2, 0) is 6.42 Å². The molecule has 2 heteroatoms. The molecule has 8 aromatic carbocycles. The zero-order valence-electron chi connectivity index (χ0n) is 30.3. The predicted molar refractivity (Wildman–Crippen MR) is 233 cm³/mol. The van der Waals surface area contributed by atoms with Crippen LogP contribution < -0.4 is 0 Å². The summed E-state index contributed by atoms with van der Waals surface area (Å²) in [5.41, 5.74) is 16.6. The molecule has 0 atom stereocenters. The molecule has 0 aliphatic heterocycles. The minimum Gasteiger partial charge on any atom is -0.309 e. The van der Waals surface area contributed by atoms with Crippen LogP contribution in [0.5, 0.6) is 0 Å². The smallest absolute Gasteiger partial charge is 0.0571 e. The zero-order valence-corrected chi connectivity index (χ0v) is 30.3. The van der Waals surface area contributed by atoms with Crippen molar-refractivity contribution in [2.24, 2.45) is 0 Å². The fourth-order valence-electron chi connectivity index (χ4n) is 9.04. The highest BCUT2D eigenvalue weighted by atomic mass is 15.0. The van der Waals surface area contributed by atoms with Gasteiger partial charge < -0.3 is 4.57 Å². The molecule has 0 spiro atoms. The summed E-state index contributed by atoms with van der Waals surface area (Å²) in [6.07, 6.45) is 8.36. The second-order valence-electron chi connectivity index (χ2n) is 14.7. The quantitative estimate of drug-likeness (QED) is 0.175. The fraction of sp³-hybridized carbons (Fsp3) is 0.0377. The lowest BCUT2D eigenvalue weighted by atomic mass is 9.77. The third kappa shape index (κ3) is 5.21. The van der Waals surface area contributed by atoms with Crippen molar-refractivity contribution in [3.8, 4) is 39.1 Å². The molecule has 1 aliphatic rings. The Bertz CT molecular complexity index is 3120. The normalized spacial score (nSPS) is 12.7. The van der Waals surface area contributed by atoms with E-state index in [0.29, 0.717) is 0 Å². The Morgan fingerprint density at radius 1 is 0.418 bits per heavy atom. The molecule has 0 saturated heterocycles. The van der Waals surface area contributed by atoms with Gasteiger partial charge in [-0.1, -0.05) is 140 Å². The summed E-state index contributed by atoms with van der Waals surface area (Å²) in [7, 11) is 0. The molecule has 0 N–H and O–H groups in total. The van der Waals surface area contributed by atoms with Gasteiger partial charge in [-0.25, -0.2) is 0 Å². The molecule has 1 aliphatic carbocycles. The number of nitrogens with zero attached hydrogens (tertiary/aromatic N) is 2. The molecule has 11 rings (SSSR count). The minimum atomic E-state index is 0.992. The Labute approximate surface area is 320 Å². The van der Waals surface area contributed by atoms with Crippen LogP contribution in [0.15, 0.2) is 188 Å². The van der Waals surface area contributed by atoms with Gasteiger partial charge in [0.05, 0.1) is 11.0 Å². The number of aromatic nitrogens is 2. The van der Waals surface area contributed by atoms with E-state index < -0.39 is 0 Å². The lowest BCUT2D eigenvalue weighted by Gasteiger charge is -2.26. The highest BCUT2D eigenvalue weighted by molar-refractivity contribution is 6.12. The lowest BCUT2D eigenvalue weighted by molar-refractivity contribution is 1.01. The number of para-hydroxylation sites is 1. The molecule has 2 aromatic heterocycles. The van der Waals surface area contributed by atoms with E-state index in [4.69, 9.17) is 0 Å². The number of rotatable bonds is 5. The Kier molecular flexibility index (Phi) is 7.34. The highest BCUT2D eigenvalue weighted by Crippen LogP contribution is 2.47. The Balaban J connectivity index is 1.02. The second kappa shape index (κ2) is 12.8. The molecule has 0 amide bonds. The third-order valence-electron chi connectivity index (χ3n) is 11.6. The van der Waals surface area contributed by atoms with Crippen molar-refractivity contribution in [3.63, 3.8) is 0 Å². The number of benzene rings is 8. The molecular formula is C53H36N2. The summed E-state index contributed by atoms with van der Waals surface area (Å²) in [4.78, 5) is 4.51. The maximum atomic E-state index is 4.51. The molecule has 55 heavy (non-hydrogen) atoms. The standard InChI is InChI=1S/C53H36N2/c1-4-12-35(13-5-1)52-44-18-10-11-19-45(44)53(36-14-6-2-7-15-36)48-33-41(24-26-46(48)52)39-22-20-38-31-40(23-21-37(38)30-39)42-25-27-50-47(32-42)49-34-54-29-28-51(49)55(50)43-16-8-3-9-17-43/h1-23,25,27-34H,24,26H2. The van der Waals surface area contributed by atoms with Gasteiger partial charge in [-0.15, -0.1) is 0 Å². The monoisotopic (exact) mass is 700 g/mol. The highest BCUT2D eigenvalue weighted by Gasteiger charge is 2.24. The van der Waals surface area contributed by atoms with E-state index in [-0.39, 0.29) is 0 Å². The topological polar surface area (TPSA) is 17.8 Å². The number of hydrogen-bond donors (Lipinski definition) is 0. The largest absolute Gasteiger partial charge is 0.309 e. The summed E-state index contributed by atoms with van der Waals surface area (Å²) in [5.74, 6) is 0. The Morgan fingerprint density at radius 2 is 1.00 bits per heavy atom. The fourth-order valence-corrected chi connectivity index (χ4v) is 9.04. The summed E-state index contributed by atoms with van der Waals surface area (Å²) >= 11 is 0. The SMILES string of the molecule is C1=C(c2ccc3cc(-c4ccc5c(c4)c4cnccc4n5-c4ccccc4)ccc3c2)CCc2c1c(-c1ccccc1)c1ccccc1c2-c1ccccc1. The minimum absolute atomic E-state index is 0.992. The van der Waals surface area contributed by atoms with Crippen molar-refractivity contribution in [2.75, 3.05) is 0 Å². The predicted octanol–water partition coefficient (Wildman–Crippen LogP) is 14.0. The van der Waals surface area contributed by atoms with Crippen LogP contribution in [0.3, 0.4) is 0 Å². The van der Waals surface area contributed by atoms with E-state index in [1.165, 1.54) is 93.6 Å². The van der Waals surface area contributed by atoms with Crippen LogP contribution in [0.1, 0.15) is 23.1 Å². The average Bonchev–Trinajstić information content (AvgIpc) is 3.59. The first-order valence-electron chi connectivity index (χ1n) is 19.2. The third-order valence-corrected chi connectivity index (χ3v) is 11.6. The van der Waals surface area contributed by atoms with Gasteiger partial charge in [0.2, 0.25) is 0 Å². The van der Waals surface area contributed by atoms with Crippen molar-refractivity contribution in [1.29, 1.82) is 0 Å². The molecule has 258 valence electrons. The number of allylic oxidation sites excluding steroid dienone is 1. The molecule has 0 radical (unpaired) electrons. The van der Waals surface area contributed by atoms with Crippen LogP contribution in [0.4, 0.5) is 0 Å². The van der Waals surface area contributed by atoms with Gasteiger partial charge in [0.25, 0.3) is 0 Å². The summed E-state index contributed by atoms with van der Waals surface area (Å²) in [5, 5.41) is 7.49. The lowest BCUT2D eigenvalue weighted by Crippen LogP contribution is -2.05. The maximum absolute atomic E-state index is 4.51. The molecule has 0 fully saturated rings. The van der Waals surface area contributed by atoms with Crippen LogP contribution >= 0.6 is 0 Å². The average molecular weight is 701 g/mol. The number of hydrogen-bond acceptors (Lipinski definition) is 1. The first-order valence-corrected chi connectivity index (χ1v) is 19.2. The molecule has 0 bridgehead atoms. The van der Waals surface area contributed by atoms with Gasteiger partial charge in [0, 0.05) is 28.9 Å². The zero-order chi connectivity index (χ0) is 36.3. The van der Waals surface area contributed by atoms with Crippen LogP contribution in [0.25, 0.3) is 94.1 Å². The Hall–Kier alpha value is -7.03. The van der Waals surface area contributed by atoms with E-state index in [2.05, 4.69) is 192 Å². The van der Waals surface area contributed by atoms with Crippen molar-refractivity contribution in [3.05, 3.63) is 205 Å². The molecule has 0 unspecified atom stereocenters. The summed E-state index contributed by atoms with van der Waals surface area (Å²) in [6, 6.07) is 64.3. The molecule has 2 heterocycles. The summed E-state index contributed by atoms with van der Waals surface area (Å²) < 4.78 is 2.34. The van der Waals surface area contributed by atoms with Crippen molar-refractivity contribution in [1.82, 2.24) is 9.55 Å². The molecule has 2 nitrogen and oxygen atoms in total. The maximum Gasteiger partial charge on any atom is 0.0571 e. The van der Waals surface area contributed by atoms with Gasteiger partial charge in [-0.2, -0.15) is 0 Å². The molecule has 0 saturated carbocycles. The second-order valence-corrected chi connectivity index (χ2v) is 14.7. The van der Waals surface area contributed by atoms with E-state index in [1.807, 2.05) is 12.4 Å². The van der Waals surface area contributed by atoms with E-state index in [1.54, 1.807) is 0 Å². The number of fused-ring (bicyclic) bond motifs is 6. The van der Waals surface area contributed by atoms with E-state index in [9.17, 15) is 0 Å². The van der Waals surface area contributed by atoms with Gasteiger partial charge in [-0.3, -0.25) is 4.98 Å². The van der Waals surface area contributed by atoms with E-state index >= 15 is 0 Å². The Morgan fingerprint density at radius 3 is 1.75 bits per heavy atom. The van der Waals surface area contributed by atoms with Crippen LogP contribution in [-0.4, -0.2) is 9.55 Å². The van der Waals surface area contributed by atoms with Crippen molar-refractivity contribution >= 4 is 55.0 Å². The van der Waals surface area contributed by atoms with E-state index in [0.717, 1.165) is 23.9 Å². The number of pyridine rings is 1.